The van der Waals surface area contributed by atoms with Crippen LogP contribution in [-0.2, 0) is 4.79 Å². The molecule has 114 valence electrons. The molecule has 21 heavy (non-hydrogen) atoms. The first-order valence-corrected chi connectivity index (χ1v) is 7.05. The minimum absolute atomic E-state index is 0.0907. The van der Waals surface area contributed by atoms with Gasteiger partial charge in [0.15, 0.2) is 0 Å². The highest BCUT2D eigenvalue weighted by Crippen LogP contribution is 2.28. The van der Waals surface area contributed by atoms with Gasteiger partial charge in [-0.1, -0.05) is 0 Å². The number of nitro groups is 1. The molecule has 0 unspecified atom stereocenters. The monoisotopic (exact) mass is 293 g/mol. The number of carboxylic acid groups (broad SMARTS) is 1. The Morgan fingerprint density at radius 2 is 2.19 bits per heavy atom. The number of rotatable bonds is 5. The van der Waals surface area contributed by atoms with E-state index in [4.69, 9.17) is 5.11 Å². The van der Waals surface area contributed by atoms with Crippen molar-refractivity contribution in [1.82, 2.24) is 4.98 Å². The van der Waals surface area contributed by atoms with E-state index in [9.17, 15) is 14.9 Å². The van der Waals surface area contributed by atoms with Crippen molar-refractivity contribution in [2.45, 2.75) is 32.6 Å². The average molecular weight is 293 g/mol. The Labute approximate surface area is 122 Å². The summed E-state index contributed by atoms with van der Waals surface area (Å²) < 4.78 is 0. The van der Waals surface area contributed by atoms with Crippen LogP contribution in [0.1, 0.15) is 31.2 Å². The zero-order chi connectivity index (χ0) is 15.4. The summed E-state index contributed by atoms with van der Waals surface area (Å²) in [5, 5.41) is 19.7. The van der Waals surface area contributed by atoms with Crippen LogP contribution in [-0.4, -0.2) is 34.1 Å². The Kier molecular flexibility index (Phi) is 4.72. The highest BCUT2D eigenvalue weighted by Gasteiger charge is 2.22. The molecule has 0 radical (unpaired) electrons. The molecule has 0 amide bonds. The summed E-state index contributed by atoms with van der Waals surface area (Å²) in [6, 6.07) is 1.52. The molecular formula is C14H19N3O4. The van der Waals surface area contributed by atoms with Crippen LogP contribution in [0.15, 0.2) is 12.3 Å². The fourth-order valence-electron chi connectivity index (χ4n) is 2.65. The normalized spacial score (nSPS) is 16.0. The van der Waals surface area contributed by atoms with Crippen molar-refractivity contribution in [1.29, 1.82) is 0 Å². The van der Waals surface area contributed by atoms with E-state index in [1.165, 1.54) is 12.3 Å². The van der Waals surface area contributed by atoms with Gasteiger partial charge in [-0.3, -0.25) is 14.9 Å². The average Bonchev–Trinajstić information content (AvgIpc) is 2.46. The molecule has 1 aliphatic heterocycles. The third-order valence-electron chi connectivity index (χ3n) is 3.96. The molecule has 0 aromatic carbocycles. The molecule has 2 heterocycles. The fraction of sp³-hybridized carbons (Fsp3) is 0.571. The number of aromatic nitrogens is 1. The van der Waals surface area contributed by atoms with Crippen molar-refractivity contribution in [3.63, 3.8) is 0 Å². The molecule has 0 atom stereocenters. The lowest BCUT2D eigenvalue weighted by Crippen LogP contribution is -2.34. The van der Waals surface area contributed by atoms with Crippen molar-refractivity contribution in [2.24, 2.45) is 5.92 Å². The number of carbonyl (C=O) groups is 1. The topological polar surface area (TPSA) is 96.6 Å². The second kappa shape index (κ2) is 6.51. The van der Waals surface area contributed by atoms with Crippen LogP contribution in [0.3, 0.4) is 0 Å². The van der Waals surface area contributed by atoms with Gasteiger partial charge in [0.1, 0.15) is 5.82 Å². The van der Waals surface area contributed by atoms with Gasteiger partial charge in [0.2, 0.25) is 0 Å². The third kappa shape index (κ3) is 3.90. The summed E-state index contributed by atoms with van der Waals surface area (Å²) in [6.45, 7) is 3.20. The molecule has 0 saturated carbocycles. The van der Waals surface area contributed by atoms with Gasteiger partial charge in [-0.15, -0.1) is 0 Å². The molecule has 1 fully saturated rings. The van der Waals surface area contributed by atoms with Crippen LogP contribution in [0, 0.1) is 23.0 Å². The van der Waals surface area contributed by atoms with Crippen molar-refractivity contribution in [3.8, 4) is 0 Å². The Morgan fingerprint density at radius 3 is 2.76 bits per heavy atom. The molecule has 7 heteroatoms. The van der Waals surface area contributed by atoms with E-state index in [2.05, 4.69) is 4.98 Å². The number of piperidine rings is 1. The molecule has 2 rings (SSSR count). The summed E-state index contributed by atoms with van der Waals surface area (Å²) in [6.07, 6.45) is 4.24. The van der Waals surface area contributed by atoms with E-state index >= 15 is 0 Å². The maximum Gasteiger partial charge on any atom is 0.303 e. The maximum absolute atomic E-state index is 11.0. The highest BCUT2D eigenvalue weighted by atomic mass is 16.6. The molecule has 1 aliphatic rings. The third-order valence-corrected chi connectivity index (χ3v) is 3.96. The van der Waals surface area contributed by atoms with Crippen LogP contribution in [0.5, 0.6) is 0 Å². The van der Waals surface area contributed by atoms with Crippen LogP contribution in [0.25, 0.3) is 0 Å². The van der Waals surface area contributed by atoms with Crippen molar-refractivity contribution in [3.05, 3.63) is 27.9 Å². The summed E-state index contributed by atoms with van der Waals surface area (Å²) in [5.74, 6) is 0.287. The standard InChI is InChI=1S/C14H19N3O4/c1-10-9-15-13(8-12(10)17(20)21)16-6-4-11(5-7-16)2-3-14(18)19/h8-9,11H,2-7H2,1H3,(H,18,19). The van der Waals surface area contributed by atoms with Gasteiger partial charge in [0, 0.05) is 31.3 Å². The van der Waals surface area contributed by atoms with E-state index in [-0.39, 0.29) is 17.0 Å². The molecule has 1 N–H and O–H groups in total. The largest absolute Gasteiger partial charge is 0.481 e. The highest BCUT2D eigenvalue weighted by molar-refractivity contribution is 5.66. The van der Waals surface area contributed by atoms with Gasteiger partial charge >= 0.3 is 5.97 Å². The number of nitrogens with zero attached hydrogens (tertiary/aromatic N) is 3. The number of pyridine rings is 1. The molecule has 1 aromatic heterocycles. The zero-order valence-electron chi connectivity index (χ0n) is 12.0. The first-order valence-electron chi connectivity index (χ1n) is 7.05. The molecular weight excluding hydrogens is 274 g/mol. The van der Waals surface area contributed by atoms with Crippen LogP contribution in [0.2, 0.25) is 0 Å². The summed E-state index contributed by atoms with van der Waals surface area (Å²) in [5.41, 5.74) is 0.646. The van der Waals surface area contributed by atoms with E-state index in [0.29, 0.717) is 23.7 Å². The van der Waals surface area contributed by atoms with Gasteiger partial charge in [-0.2, -0.15) is 0 Å². The molecule has 1 saturated heterocycles. The second-order valence-corrected chi connectivity index (χ2v) is 5.45. The van der Waals surface area contributed by atoms with E-state index in [1.54, 1.807) is 6.92 Å². The fourth-order valence-corrected chi connectivity index (χ4v) is 2.65. The van der Waals surface area contributed by atoms with Crippen molar-refractivity contribution in [2.75, 3.05) is 18.0 Å². The Bertz CT molecular complexity index is 539. The predicted octanol–water partition coefficient (Wildman–Crippen LogP) is 2.38. The second-order valence-electron chi connectivity index (χ2n) is 5.45. The van der Waals surface area contributed by atoms with E-state index in [1.807, 2.05) is 4.90 Å². The lowest BCUT2D eigenvalue weighted by Gasteiger charge is -2.32. The van der Waals surface area contributed by atoms with Gasteiger partial charge in [-0.05, 0) is 32.1 Å². The number of aliphatic carboxylic acids is 1. The number of aryl methyl sites for hydroxylation is 1. The summed E-state index contributed by atoms with van der Waals surface area (Å²) in [7, 11) is 0. The van der Waals surface area contributed by atoms with Crippen LogP contribution in [0.4, 0.5) is 11.5 Å². The molecule has 0 bridgehead atoms. The van der Waals surface area contributed by atoms with Crippen LogP contribution < -0.4 is 4.90 Å². The smallest absolute Gasteiger partial charge is 0.303 e. The summed E-state index contributed by atoms with van der Waals surface area (Å²) >= 11 is 0. The first-order chi connectivity index (χ1) is 9.97. The Balaban J connectivity index is 1.97. The lowest BCUT2D eigenvalue weighted by molar-refractivity contribution is -0.385. The van der Waals surface area contributed by atoms with Crippen molar-refractivity contribution < 1.29 is 14.8 Å². The quantitative estimate of drug-likeness (QED) is 0.661. The number of hydrogen-bond donors (Lipinski definition) is 1. The Hall–Kier alpha value is -2.18. The molecule has 1 aromatic rings. The molecule has 0 spiro atoms. The van der Waals surface area contributed by atoms with Gasteiger partial charge in [0.25, 0.3) is 5.69 Å². The maximum atomic E-state index is 11.0. The van der Waals surface area contributed by atoms with Crippen molar-refractivity contribution >= 4 is 17.5 Å². The van der Waals surface area contributed by atoms with Gasteiger partial charge in [0.05, 0.1) is 11.0 Å². The molecule has 0 aliphatic carbocycles. The lowest BCUT2D eigenvalue weighted by atomic mass is 9.92. The minimum Gasteiger partial charge on any atom is -0.481 e. The van der Waals surface area contributed by atoms with E-state index in [0.717, 1.165) is 25.9 Å². The number of carboxylic acids is 1. The summed E-state index contributed by atoms with van der Waals surface area (Å²) in [4.78, 5) is 27.5. The first kappa shape index (κ1) is 15.2. The van der Waals surface area contributed by atoms with Gasteiger partial charge < -0.3 is 10.0 Å². The SMILES string of the molecule is Cc1cnc(N2CCC(CCC(=O)O)CC2)cc1[N+](=O)[O-]. The molecule has 7 nitrogen and oxygen atoms in total. The predicted molar refractivity (Wildman–Crippen MR) is 77.4 cm³/mol. The Morgan fingerprint density at radius 1 is 1.52 bits per heavy atom. The van der Waals surface area contributed by atoms with Gasteiger partial charge in [-0.25, -0.2) is 4.98 Å². The van der Waals surface area contributed by atoms with Crippen LogP contribution >= 0.6 is 0 Å². The van der Waals surface area contributed by atoms with E-state index < -0.39 is 5.97 Å². The zero-order valence-corrected chi connectivity index (χ0v) is 12.0. The minimum atomic E-state index is -0.756. The number of hydrogen-bond acceptors (Lipinski definition) is 5. The number of anilines is 1.